The zero-order chi connectivity index (χ0) is 18.2. The van der Waals surface area contributed by atoms with Gasteiger partial charge >= 0.3 is 12.3 Å². The summed E-state index contributed by atoms with van der Waals surface area (Å²) < 4.78 is 43.1. The van der Waals surface area contributed by atoms with Crippen molar-refractivity contribution in [1.29, 1.82) is 0 Å². The number of carbonyl (C=O) groups excluding carboxylic acids is 2. The van der Waals surface area contributed by atoms with Crippen LogP contribution in [0.4, 0.5) is 18.0 Å². The maximum Gasteiger partial charge on any atom is 0.416 e. The van der Waals surface area contributed by atoms with Crippen molar-refractivity contribution < 1.29 is 27.5 Å². The van der Waals surface area contributed by atoms with E-state index in [-0.39, 0.29) is 24.5 Å². The molecule has 3 fully saturated rings. The molecule has 4 rings (SSSR count). The molecule has 1 N–H and O–H groups in total. The number of carbonyl (C=O) groups is 2. The second kappa shape index (κ2) is 6.24. The van der Waals surface area contributed by atoms with Crippen LogP contribution in [0, 0.1) is 5.92 Å². The monoisotopic (exact) mass is 356 g/mol. The molecule has 0 saturated heterocycles. The molecule has 0 unspecified atom stereocenters. The first-order valence-electron chi connectivity index (χ1n) is 8.02. The fourth-order valence-electron chi connectivity index (χ4n) is 3.63. The third kappa shape index (κ3) is 3.43. The highest BCUT2D eigenvalue weighted by atomic mass is 19.4. The summed E-state index contributed by atoms with van der Waals surface area (Å²) in [4.78, 5) is 25.3. The summed E-state index contributed by atoms with van der Waals surface area (Å²) in [6.07, 6.45) is -2.53. The Morgan fingerprint density at radius 2 is 2.00 bits per heavy atom. The van der Waals surface area contributed by atoms with Crippen LogP contribution in [0.5, 0.6) is 0 Å². The van der Waals surface area contributed by atoms with Crippen LogP contribution < -0.4 is 5.32 Å². The van der Waals surface area contributed by atoms with Gasteiger partial charge in [0, 0.05) is 12.1 Å². The molecule has 5 nitrogen and oxygen atoms in total. The zero-order valence-corrected chi connectivity index (χ0v) is 13.7. The SMILES string of the molecule is COC(=O)NCC(=O)N(Cc1cccc(C(F)(F)F)c1)C12CC(C1)C2. The van der Waals surface area contributed by atoms with E-state index in [0.29, 0.717) is 11.5 Å². The van der Waals surface area contributed by atoms with Crippen LogP contribution in [0.1, 0.15) is 30.4 Å². The van der Waals surface area contributed by atoms with Gasteiger partial charge in [0.15, 0.2) is 0 Å². The lowest BCUT2D eigenvalue weighted by Crippen LogP contribution is -2.69. The van der Waals surface area contributed by atoms with E-state index in [1.54, 1.807) is 11.0 Å². The van der Waals surface area contributed by atoms with Crippen molar-refractivity contribution in [3.05, 3.63) is 35.4 Å². The maximum absolute atomic E-state index is 12.9. The van der Waals surface area contributed by atoms with Crippen LogP contribution in [-0.2, 0) is 22.3 Å². The van der Waals surface area contributed by atoms with Gasteiger partial charge in [-0.25, -0.2) is 4.79 Å². The summed E-state index contributed by atoms with van der Waals surface area (Å²) in [5.41, 5.74) is -0.581. The van der Waals surface area contributed by atoms with Crippen molar-refractivity contribution in [1.82, 2.24) is 10.2 Å². The second-order valence-corrected chi connectivity index (χ2v) is 6.73. The molecule has 0 aromatic heterocycles. The molecule has 0 radical (unpaired) electrons. The van der Waals surface area contributed by atoms with E-state index in [4.69, 9.17) is 0 Å². The Kier molecular flexibility index (Phi) is 4.38. The van der Waals surface area contributed by atoms with E-state index in [0.717, 1.165) is 31.4 Å². The largest absolute Gasteiger partial charge is 0.453 e. The number of alkyl carbamates (subject to hydrolysis) is 1. The molecule has 2 bridgehead atoms. The Labute approximate surface area is 143 Å². The maximum atomic E-state index is 12.9. The van der Waals surface area contributed by atoms with Crippen LogP contribution in [-0.4, -0.2) is 36.1 Å². The number of benzene rings is 1. The van der Waals surface area contributed by atoms with Crippen LogP contribution in [0.25, 0.3) is 0 Å². The molecular formula is C17H19F3N2O3. The van der Waals surface area contributed by atoms with Crippen LogP contribution in [0.2, 0.25) is 0 Å². The first-order chi connectivity index (χ1) is 11.7. The molecular weight excluding hydrogens is 337 g/mol. The van der Waals surface area contributed by atoms with Crippen LogP contribution in [0.15, 0.2) is 24.3 Å². The number of hydrogen-bond acceptors (Lipinski definition) is 3. The number of nitrogens with zero attached hydrogens (tertiary/aromatic N) is 1. The van der Waals surface area contributed by atoms with Gasteiger partial charge in [0.25, 0.3) is 0 Å². The molecule has 0 atom stereocenters. The molecule has 1 aromatic rings. The predicted octanol–water partition coefficient (Wildman–Crippen LogP) is 2.94. The lowest BCUT2D eigenvalue weighted by Gasteiger charge is -2.66. The minimum Gasteiger partial charge on any atom is -0.453 e. The van der Waals surface area contributed by atoms with Gasteiger partial charge in [0.1, 0.15) is 6.54 Å². The highest BCUT2D eigenvalue weighted by Gasteiger charge is 2.61. The van der Waals surface area contributed by atoms with E-state index in [9.17, 15) is 22.8 Å². The molecule has 25 heavy (non-hydrogen) atoms. The standard InChI is InChI=1S/C17H19F3N2O3/c1-25-15(24)21-9-14(23)22(16-6-12(7-16)8-16)10-11-3-2-4-13(5-11)17(18,19)20/h2-5,12H,6-10H2,1H3,(H,21,24). The van der Waals surface area contributed by atoms with E-state index in [1.165, 1.54) is 13.2 Å². The Hall–Kier alpha value is -2.25. The van der Waals surface area contributed by atoms with Gasteiger partial charge in [0.2, 0.25) is 5.91 Å². The lowest BCUT2D eigenvalue weighted by molar-refractivity contribution is -0.173. The van der Waals surface area contributed by atoms with Gasteiger partial charge in [-0.15, -0.1) is 0 Å². The van der Waals surface area contributed by atoms with Crippen LogP contribution >= 0.6 is 0 Å². The van der Waals surface area contributed by atoms with Gasteiger partial charge in [-0.3, -0.25) is 4.79 Å². The number of halogens is 3. The number of alkyl halides is 3. The van der Waals surface area contributed by atoms with E-state index < -0.39 is 17.8 Å². The number of rotatable bonds is 5. The van der Waals surface area contributed by atoms with Crippen molar-refractivity contribution in [2.24, 2.45) is 5.92 Å². The normalized spacial score (nSPS) is 23.9. The van der Waals surface area contributed by atoms with E-state index >= 15 is 0 Å². The highest BCUT2D eigenvalue weighted by Crippen LogP contribution is 2.60. The van der Waals surface area contributed by atoms with Gasteiger partial charge < -0.3 is 15.0 Å². The number of ether oxygens (including phenoxy) is 1. The van der Waals surface area contributed by atoms with E-state index in [2.05, 4.69) is 10.1 Å². The smallest absolute Gasteiger partial charge is 0.416 e. The third-order valence-electron chi connectivity index (χ3n) is 5.04. The zero-order valence-electron chi connectivity index (χ0n) is 13.7. The molecule has 0 aliphatic heterocycles. The van der Waals surface area contributed by atoms with Gasteiger partial charge in [-0.1, -0.05) is 12.1 Å². The number of nitrogens with one attached hydrogen (secondary N) is 1. The highest BCUT2D eigenvalue weighted by molar-refractivity contribution is 5.83. The Morgan fingerprint density at radius 3 is 2.52 bits per heavy atom. The molecule has 0 heterocycles. The molecule has 3 aliphatic rings. The summed E-state index contributed by atoms with van der Waals surface area (Å²) in [6, 6.07) is 5.00. The van der Waals surface area contributed by atoms with Crippen LogP contribution in [0.3, 0.4) is 0 Å². The molecule has 3 saturated carbocycles. The number of hydrogen-bond donors (Lipinski definition) is 1. The lowest BCUT2D eigenvalue weighted by atomic mass is 9.49. The average Bonchev–Trinajstić information content (AvgIpc) is 2.48. The fraction of sp³-hybridized carbons (Fsp3) is 0.529. The fourth-order valence-corrected chi connectivity index (χ4v) is 3.63. The Balaban J connectivity index is 1.75. The molecule has 3 aliphatic carbocycles. The molecule has 0 spiro atoms. The number of amides is 2. The minimum atomic E-state index is -4.42. The summed E-state index contributed by atoms with van der Waals surface area (Å²) in [5, 5.41) is 2.34. The summed E-state index contributed by atoms with van der Waals surface area (Å²) in [7, 11) is 1.20. The molecule has 136 valence electrons. The first-order valence-corrected chi connectivity index (χ1v) is 8.02. The Morgan fingerprint density at radius 1 is 1.32 bits per heavy atom. The van der Waals surface area contributed by atoms with Crippen molar-refractivity contribution in [2.45, 2.75) is 37.5 Å². The van der Waals surface area contributed by atoms with Gasteiger partial charge in [-0.05, 0) is 42.9 Å². The third-order valence-corrected chi connectivity index (χ3v) is 5.04. The average molecular weight is 356 g/mol. The summed E-state index contributed by atoms with van der Waals surface area (Å²) in [5.74, 6) is 0.284. The molecule has 2 amide bonds. The van der Waals surface area contributed by atoms with Crippen molar-refractivity contribution in [2.75, 3.05) is 13.7 Å². The van der Waals surface area contributed by atoms with Gasteiger partial charge in [0.05, 0.1) is 12.7 Å². The summed E-state index contributed by atoms with van der Waals surface area (Å²) >= 11 is 0. The molecule has 1 aromatic carbocycles. The quantitative estimate of drug-likeness (QED) is 0.883. The Bertz CT molecular complexity index is 673. The summed E-state index contributed by atoms with van der Waals surface area (Å²) in [6.45, 7) is -0.142. The topological polar surface area (TPSA) is 58.6 Å². The van der Waals surface area contributed by atoms with Crippen molar-refractivity contribution >= 4 is 12.0 Å². The number of methoxy groups -OCH3 is 1. The first kappa shape index (κ1) is 17.6. The van der Waals surface area contributed by atoms with Crippen molar-refractivity contribution in [3.63, 3.8) is 0 Å². The van der Waals surface area contributed by atoms with Gasteiger partial charge in [-0.2, -0.15) is 13.2 Å². The second-order valence-electron chi connectivity index (χ2n) is 6.73. The minimum absolute atomic E-state index is 0.0956. The van der Waals surface area contributed by atoms with E-state index in [1.807, 2.05) is 0 Å². The predicted molar refractivity (Wildman–Crippen MR) is 82.5 cm³/mol. The molecule has 8 heteroatoms. The van der Waals surface area contributed by atoms with Crippen molar-refractivity contribution in [3.8, 4) is 0 Å².